The Morgan fingerprint density at radius 2 is 1.90 bits per heavy atom. The van der Waals surface area contributed by atoms with Crippen molar-refractivity contribution in [3.8, 4) is 0 Å². The molecule has 2 rings (SSSR count). The Kier molecular flexibility index (Phi) is 4.58. The largest absolute Gasteiger partial charge is 0.379 e. The van der Waals surface area contributed by atoms with Crippen molar-refractivity contribution in [3.63, 3.8) is 0 Å². The van der Waals surface area contributed by atoms with Gasteiger partial charge in [-0.15, -0.1) is 0 Å². The molecule has 0 spiro atoms. The third-order valence-electron chi connectivity index (χ3n) is 2.69. The fourth-order valence-corrected chi connectivity index (χ4v) is 1.91. The Balaban J connectivity index is 2.00. The zero-order chi connectivity index (χ0) is 14.5. The molecule has 2 aromatic carbocycles. The van der Waals surface area contributed by atoms with Gasteiger partial charge in [0.25, 0.3) is 0 Å². The van der Waals surface area contributed by atoms with E-state index in [0.29, 0.717) is 17.3 Å². The highest BCUT2D eigenvalue weighted by atomic mass is 35.5. The minimum absolute atomic E-state index is 0.114. The maximum Gasteiger partial charge on any atom is 0.221 e. The summed E-state index contributed by atoms with van der Waals surface area (Å²) in [7, 11) is 0. The number of carbonyl (C=O) groups excluding carboxylic acids is 1. The Bertz CT molecular complexity index is 614. The predicted octanol–water partition coefficient (Wildman–Crippen LogP) is 4.05. The molecule has 2 N–H and O–H groups in total. The number of nitrogens with one attached hydrogen (secondary N) is 2. The van der Waals surface area contributed by atoms with Gasteiger partial charge in [-0.3, -0.25) is 4.79 Å². The van der Waals surface area contributed by atoms with E-state index in [1.54, 1.807) is 18.2 Å². The fourth-order valence-electron chi connectivity index (χ4n) is 1.74. The maximum absolute atomic E-state index is 13.5. The SMILES string of the molecule is CC(=O)Nc1ccc(CNc2cc(Cl)ccc2F)cc1. The number of anilines is 2. The summed E-state index contributed by atoms with van der Waals surface area (Å²) in [5, 5.41) is 6.15. The van der Waals surface area contributed by atoms with Gasteiger partial charge in [0.1, 0.15) is 5.82 Å². The number of amides is 1. The van der Waals surface area contributed by atoms with E-state index in [0.717, 1.165) is 11.3 Å². The molecule has 0 aliphatic carbocycles. The van der Waals surface area contributed by atoms with Crippen LogP contribution in [0, 0.1) is 5.82 Å². The van der Waals surface area contributed by atoms with Gasteiger partial charge in [0.2, 0.25) is 5.91 Å². The molecule has 20 heavy (non-hydrogen) atoms. The molecular formula is C15H14ClFN2O. The highest BCUT2D eigenvalue weighted by Gasteiger charge is 2.03. The first-order valence-corrected chi connectivity index (χ1v) is 6.48. The van der Waals surface area contributed by atoms with Gasteiger partial charge >= 0.3 is 0 Å². The van der Waals surface area contributed by atoms with E-state index in [2.05, 4.69) is 10.6 Å². The van der Waals surface area contributed by atoms with E-state index in [-0.39, 0.29) is 11.7 Å². The number of halogens is 2. The summed E-state index contributed by atoms with van der Waals surface area (Å²) in [6, 6.07) is 11.7. The zero-order valence-corrected chi connectivity index (χ0v) is 11.7. The van der Waals surface area contributed by atoms with Crippen molar-refractivity contribution in [2.45, 2.75) is 13.5 Å². The Hall–Kier alpha value is -2.07. The highest BCUT2D eigenvalue weighted by molar-refractivity contribution is 6.30. The van der Waals surface area contributed by atoms with Gasteiger partial charge in [-0.25, -0.2) is 4.39 Å². The molecule has 104 valence electrons. The topological polar surface area (TPSA) is 41.1 Å². The van der Waals surface area contributed by atoms with Gasteiger partial charge in [0.05, 0.1) is 5.69 Å². The lowest BCUT2D eigenvalue weighted by Crippen LogP contribution is -2.06. The zero-order valence-electron chi connectivity index (χ0n) is 10.9. The highest BCUT2D eigenvalue weighted by Crippen LogP contribution is 2.20. The van der Waals surface area contributed by atoms with Crippen LogP contribution in [-0.2, 0) is 11.3 Å². The first kappa shape index (κ1) is 14.3. The fraction of sp³-hybridized carbons (Fsp3) is 0.133. The summed E-state index contributed by atoms with van der Waals surface area (Å²) in [6.07, 6.45) is 0. The maximum atomic E-state index is 13.5. The van der Waals surface area contributed by atoms with Gasteiger partial charge in [0, 0.05) is 24.2 Å². The minimum Gasteiger partial charge on any atom is -0.379 e. The summed E-state index contributed by atoms with van der Waals surface area (Å²) in [5.41, 5.74) is 2.07. The number of hydrogen-bond acceptors (Lipinski definition) is 2. The molecule has 0 saturated heterocycles. The molecule has 2 aromatic rings. The second-order valence-corrected chi connectivity index (χ2v) is 4.79. The van der Waals surface area contributed by atoms with E-state index in [1.165, 1.54) is 19.1 Å². The Labute approximate surface area is 121 Å². The molecule has 0 radical (unpaired) electrons. The smallest absolute Gasteiger partial charge is 0.221 e. The Morgan fingerprint density at radius 3 is 2.55 bits per heavy atom. The normalized spacial score (nSPS) is 10.2. The van der Waals surface area contributed by atoms with E-state index in [1.807, 2.05) is 12.1 Å². The molecular weight excluding hydrogens is 279 g/mol. The first-order chi connectivity index (χ1) is 9.54. The minimum atomic E-state index is -0.343. The molecule has 1 amide bonds. The van der Waals surface area contributed by atoms with Crippen LogP contribution in [0.3, 0.4) is 0 Å². The van der Waals surface area contributed by atoms with E-state index in [9.17, 15) is 9.18 Å². The molecule has 0 unspecified atom stereocenters. The molecule has 0 aliphatic rings. The number of benzene rings is 2. The van der Waals surface area contributed by atoms with Crippen molar-refractivity contribution in [2.75, 3.05) is 10.6 Å². The van der Waals surface area contributed by atoms with Crippen LogP contribution in [0.5, 0.6) is 0 Å². The lowest BCUT2D eigenvalue weighted by molar-refractivity contribution is -0.114. The quantitative estimate of drug-likeness (QED) is 0.892. The third kappa shape index (κ3) is 3.96. The van der Waals surface area contributed by atoms with Crippen LogP contribution in [0.4, 0.5) is 15.8 Å². The molecule has 0 saturated carbocycles. The molecule has 0 aliphatic heterocycles. The first-order valence-electron chi connectivity index (χ1n) is 6.10. The van der Waals surface area contributed by atoms with Crippen LogP contribution < -0.4 is 10.6 Å². The van der Waals surface area contributed by atoms with Crippen molar-refractivity contribution in [1.29, 1.82) is 0 Å². The summed E-state index contributed by atoms with van der Waals surface area (Å²) < 4.78 is 13.5. The monoisotopic (exact) mass is 292 g/mol. The molecule has 3 nitrogen and oxygen atoms in total. The summed E-state index contributed by atoms with van der Waals surface area (Å²) in [6.45, 7) is 1.93. The van der Waals surface area contributed by atoms with Crippen LogP contribution in [-0.4, -0.2) is 5.91 Å². The van der Waals surface area contributed by atoms with Crippen molar-refractivity contribution in [1.82, 2.24) is 0 Å². The lowest BCUT2D eigenvalue weighted by Gasteiger charge is -2.09. The van der Waals surface area contributed by atoms with E-state index >= 15 is 0 Å². The van der Waals surface area contributed by atoms with Crippen molar-refractivity contribution in [2.24, 2.45) is 0 Å². The summed E-state index contributed by atoms with van der Waals surface area (Å²) in [4.78, 5) is 10.9. The van der Waals surface area contributed by atoms with Crippen LogP contribution in [0.2, 0.25) is 5.02 Å². The van der Waals surface area contributed by atoms with Crippen LogP contribution in [0.15, 0.2) is 42.5 Å². The van der Waals surface area contributed by atoms with E-state index in [4.69, 9.17) is 11.6 Å². The number of hydrogen-bond donors (Lipinski definition) is 2. The van der Waals surface area contributed by atoms with Gasteiger partial charge in [0.15, 0.2) is 0 Å². The lowest BCUT2D eigenvalue weighted by atomic mass is 10.2. The average Bonchev–Trinajstić information content (AvgIpc) is 2.41. The average molecular weight is 293 g/mol. The van der Waals surface area contributed by atoms with Gasteiger partial charge < -0.3 is 10.6 Å². The van der Waals surface area contributed by atoms with Crippen LogP contribution in [0.25, 0.3) is 0 Å². The van der Waals surface area contributed by atoms with Crippen LogP contribution >= 0.6 is 11.6 Å². The van der Waals surface area contributed by atoms with Gasteiger partial charge in [-0.1, -0.05) is 23.7 Å². The molecule has 0 aromatic heterocycles. The van der Waals surface area contributed by atoms with Crippen molar-refractivity contribution < 1.29 is 9.18 Å². The van der Waals surface area contributed by atoms with E-state index < -0.39 is 0 Å². The number of rotatable bonds is 4. The van der Waals surface area contributed by atoms with Gasteiger partial charge in [-0.2, -0.15) is 0 Å². The molecule has 5 heteroatoms. The van der Waals surface area contributed by atoms with Crippen molar-refractivity contribution in [3.05, 3.63) is 58.9 Å². The van der Waals surface area contributed by atoms with Crippen molar-refractivity contribution >= 4 is 28.9 Å². The second kappa shape index (κ2) is 6.39. The second-order valence-electron chi connectivity index (χ2n) is 4.36. The van der Waals surface area contributed by atoms with Crippen LogP contribution in [0.1, 0.15) is 12.5 Å². The Morgan fingerprint density at radius 1 is 1.20 bits per heavy atom. The standard InChI is InChI=1S/C15H14ClFN2O/c1-10(20)19-13-5-2-11(3-6-13)9-18-15-8-12(16)4-7-14(15)17/h2-8,18H,9H2,1H3,(H,19,20). The summed E-state index contributed by atoms with van der Waals surface area (Å²) >= 11 is 5.82. The number of carbonyl (C=O) groups is 1. The molecule has 0 heterocycles. The third-order valence-corrected chi connectivity index (χ3v) is 2.92. The van der Waals surface area contributed by atoms with Gasteiger partial charge in [-0.05, 0) is 35.9 Å². The molecule has 0 bridgehead atoms. The predicted molar refractivity (Wildman–Crippen MR) is 79.5 cm³/mol. The summed E-state index contributed by atoms with van der Waals surface area (Å²) in [5.74, 6) is -0.457. The molecule has 0 fully saturated rings. The molecule has 0 atom stereocenters.